The lowest BCUT2D eigenvalue weighted by atomic mass is 10.1. The molecule has 0 unspecified atom stereocenters. The summed E-state index contributed by atoms with van der Waals surface area (Å²) in [6.07, 6.45) is 0.224. The average Bonchev–Trinajstić information content (AvgIpc) is 2.99. The van der Waals surface area contributed by atoms with Crippen LogP contribution in [-0.2, 0) is 22.6 Å². The van der Waals surface area contributed by atoms with Crippen LogP contribution in [0.2, 0.25) is 0 Å². The van der Waals surface area contributed by atoms with Crippen LogP contribution in [0, 0.1) is 0 Å². The SMILES string of the molecule is CCOC(=O)Cc1ccccc1OCc1cc2cccc(Br)c2s1. The van der Waals surface area contributed by atoms with E-state index < -0.39 is 0 Å². The van der Waals surface area contributed by atoms with Crippen LogP contribution >= 0.6 is 27.3 Å². The summed E-state index contributed by atoms with van der Waals surface area (Å²) in [6, 6.07) is 15.9. The van der Waals surface area contributed by atoms with Crippen molar-refractivity contribution in [2.24, 2.45) is 0 Å². The predicted molar refractivity (Wildman–Crippen MR) is 101 cm³/mol. The van der Waals surface area contributed by atoms with Gasteiger partial charge in [0.15, 0.2) is 0 Å². The van der Waals surface area contributed by atoms with Crippen LogP contribution in [0.4, 0.5) is 0 Å². The molecule has 0 aliphatic carbocycles. The lowest BCUT2D eigenvalue weighted by molar-refractivity contribution is -0.142. The number of benzene rings is 2. The minimum atomic E-state index is -0.237. The predicted octanol–water partition coefficient (Wildman–Crippen LogP) is 5.35. The number of fused-ring (bicyclic) bond motifs is 1. The molecule has 0 spiro atoms. The molecule has 124 valence electrons. The van der Waals surface area contributed by atoms with Gasteiger partial charge in [-0.15, -0.1) is 11.3 Å². The molecule has 0 aliphatic heterocycles. The van der Waals surface area contributed by atoms with E-state index in [4.69, 9.17) is 9.47 Å². The van der Waals surface area contributed by atoms with E-state index in [2.05, 4.69) is 28.1 Å². The molecule has 0 bridgehead atoms. The highest BCUT2D eigenvalue weighted by Gasteiger charge is 2.11. The van der Waals surface area contributed by atoms with Gasteiger partial charge in [0.1, 0.15) is 12.4 Å². The lowest BCUT2D eigenvalue weighted by Gasteiger charge is -2.10. The Morgan fingerprint density at radius 1 is 1.17 bits per heavy atom. The third-order valence-corrected chi connectivity index (χ3v) is 5.61. The molecule has 2 aromatic carbocycles. The maximum atomic E-state index is 11.7. The number of rotatable bonds is 6. The summed E-state index contributed by atoms with van der Waals surface area (Å²) in [4.78, 5) is 12.9. The van der Waals surface area contributed by atoms with Gasteiger partial charge in [0.05, 0.1) is 13.0 Å². The Bertz CT molecular complexity index is 857. The van der Waals surface area contributed by atoms with Gasteiger partial charge in [-0.3, -0.25) is 4.79 Å². The smallest absolute Gasteiger partial charge is 0.310 e. The Morgan fingerprint density at radius 2 is 2.00 bits per heavy atom. The fraction of sp³-hybridized carbons (Fsp3) is 0.211. The van der Waals surface area contributed by atoms with Crippen molar-refractivity contribution in [1.82, 2.24) is 0 Å². The number of para-hydroxylation sites is 1. The van der Waals surface area contributed by atoms with Crippen LogP contribution in [0.5, 0.6) is 5.75 Å². The van der Waals surface area contributed by atoms with Crippen LogP contribution < -0.4 is 4.74 Å². The van der Waals surface area contributed by atoms with Crippen molar-refractivity contribution in [2.75, 3.05) is 6.61 Å². The highest BCUT2D eigenvalue weighted by atomic mass is 79.9. The first-order chi connectivity index (χ1) is 11.7. The Balaban J connectivity index is 1.74. The van der Waals surface area contributed by atoms with Crippen LogP contribution in [-0.4, -0.2) is 12.6 Å². The number of carbonyl (C=O) groups excluding carboxylic acids is 1. The molecule has 1 heterocycles. The molecule has 0 atom stereocenters. The van der Waals surface area contributed by atoms with Crippen molar-refractivity contribution >= 4 is 43.3 Å². The molecule has 3 nitrogen and oxygen atoms in total. The standard InChI is InChI=1S/C19H17BrO3S/c1-2-22-18(21)11-13-6-3-4-9-17(13)23-12-15-10-14-7-5-8-16(20)19(14)24-15/h3-10H,2,11-12H2,1H3. The molecular weight excluding hydrogens is 388 g/mol. The Kier molecular flexibility index (Phi) is 5.53. The van der Waals surface area contributed by atoms with E-state index in [1.54, 1.807) is 18.3 Å². The molecule has 0 aliphatic rings. The van der Waals surface area contributed by atoms with Gasteiger partial charge in [0.2, 0.25) is 0 Å². The second kappa shape index (κ2) is 7.81. The first-order valence-electron chi connectivity index (χ1n) is 7.70. The highest BCUT2D eigenvalue weighted by molar-refractivity contribution is 9.10. The first-order valence-corrected chi connectivity index (χ1v) is 9.31. The van der Waals surface area contributed by atoms with Crippen LogP contribution in [0.3, 0.4) is 0 Å². The van der Waals surface area contributed by atoms with Gasteiger partial charge in [-0.1, -0.05) is 30.3 Å². The molecule has 0 saturated heterocycles. The van der Waals surface area contributed by atoms with Gasteiger partial charge < -0.3 is 9.47 Å². The quantitative estimate of drug-likeness (QED) is 0.519. The van der Waals surface area contributed by atoms with E-state index >= 15 is 0 Å². The minimum Gasteiger partial charge on any atom is -0.488 e. The van der Waals surface area contributed by atoms with Crippen LogP contribution in [0.1, 0.15) is 17.4 Å². The van der Waals surface area contributed by atoms with Crippen molar-refractivity contribution < 1.29 is 14.3 Å². The second-order valence-corrected chi connectivity index (χ2v) is 7.24. The monoisotopic (exact) mass is 404 g/mol. The van der Waals surface area contributed by atoms with E-state index in [0.29, 0.717) is 13.2 Å². The van der Waals surface area contributed by atoms with E-state index in [-0.39, 0.29) is 12.4 Å². The molecule has 0 fully saturated rings. The summed E-state index contributed by atoms with van der Waals surface area (Å²) < 4.78 is 13.3. The number of hydrogen-bond acceptors (Lipinski definition) is 4. The summed E-state index contributed by atoms with van der Waals surface area (Å²) in [7, 11) is 0. The number of carbonyl (C=O) groups is 1. The van der Waals surface area contributed by atoms with E-state index in [1.165, 1.54) is 10.1 Å². The first kappa shape index (κ1) is 17.0. The zero-order valence-electron chi connectivity index (χ0n) is 13.3. The van der Waals surface area contributed by atoms with Crippen molar-refractivity contribution in [3.05, 3.63) is 63.4 Å². The number of halogens is 1. The van der Waals surface area contributed by atoms with E-state index in [0.717, 1.165) is 20.7 Å². The molecule has 0 saturated carbocycles. The Morgan fingerprint density at radius 3 is 2.79 bits per heavy atom. The summed E-state index contributed by atoms with van der Waals surface area (Å²) >= 11 is 5.29. The third kappa shape index (κ3) is 3.97. The topological polar surface area (TPSA) is 35.5 Å². The third-order valence-electron chi connectivity index (χ3n) is 3.53. The van der Waals surface area contributed by atoms with Gasteiger partial charge in [-0.05, 0) is 46.4 Å². The molecule has 3 rings (SSSR count). The number of ether oxygens (including phenoxy) is 2. The number of thiophene rings is 1. The Hall–Kier alpha value is -1.85. The van der Waals surface area contributed by atoms with Gasteiger partial charge in [-0.25, -0.2) is 0 Å². The molecular formula is C19H17BrO3S. The zero-order chi connectivity index (χ0) is 16.9. The summed E-state index contributed by atoms with van der Waals surface area (Å²) in [5.41, 5.74) is 0.846. The molecule has 0 amide bonds. The van der Waals surface area contributed by atoms with E-state index in [9.17, 15) is 4.79 Å². The molecule has 5 heteroatoms. The summed E-state index contributed by atoms with van der Waals surface area (Å²) in [5.74, 6) is 0.487. The average molecular weight is 405 g/mol. The lowest BCUT2D eigenvalue weighted by Crippen LogP contribution is -2.08. The fourth-order valence-corrected chi connectivity index (χ4v) is 4.06. The van der Waals surface area contributed by atoms with Crippen molar-refractivity contribution in [2.45, 2.75) is 20.0 Å². The van der Waals surface area contributed by atoms with Crippen LogP contribution in [0.15, 0.2) is 53.0 Å². The van der Waals surface area contributed by atoms with Gasteiger partial charge in [0.25, 0.3) is 0 Å². The maximum absolute atomic E-state index is 11.7. The van der Waals surface area contributed by atoms with Crippen molar-refractivity contribution in [3.8, 4) is 5.75 Å². The maximum Gasteiger partial charge on any atom is 0.310 e. The molecule has 24 heavy (non-hydrogen) atoms. The molecule has 0 radical (unpaired) electrons. The largest absolute Gasteiger partial charge is 0.488 e. The minimum absolute atomic E-state index is 0.224. The molecule has 1 aromatic heterocycles. The van der Waals surface area contributed by atoms with Gasteiger partial charge >= 0.3 is 5.97 Å². The number of esters is 1. The fourth-order valence-electron chi connectivity index (χ4n) is 2.46. The van der Waals surface area contributed by atoms with E-state index in [1.807, 2.05) is 36.4 Å². The van der Waals surface area contributed by atoms with Gasteiger partial charge in [-0.2, -0.15) is 0 Å². The zero-order valence-corrected chi connectivity index (χ0v) is 15.7. The van der Waals surface area contributed by atoms with Crippen molar-refractivity contribution in [3.63, 3.8) is 0 Å². The molecule has 3 aromatic rings. The highest BCUT2D eigenvalue weighted by Crippen LogP contribution is 2.32. The van der Waals surface area contributed by atoms with Crippen molar-refractivity contribution in [1.29, 1.82) is 0 Å². The normalized spacial score (nSPS) is 10.8. The second-order valence-electron chi connectivity index (χ2n) is 5.25. The number of hydrogen-bond donors (Lipinski definition) is 0. The van der Waals surface area contributed by atoms with Gasteiger partial charge in [0, 0.05) is 19.6 Å². The summed E-state index contributed by atoms with van der Waals surface area (Å²) in [6.45, 7) is 2.67. The Labute approximate surface area is 153 Å². The molecule has 0 N–H and O–H groups in total. The summed E-state index contributed by atoms with van der Waals surface area (Å²) in [5, 5.41) is 1.20. The van der Waals surface area contributed by atoms with Crippen LogP contribution in [0.25, 0.3) is 10.1 Å².